The molecule has 12 heteroatoms. The maximum atomic E-state index is 13.1. The molecule has 11 nitrogen and oxygen atoms in total. The summed E-state index contributed by atoms with van der Waals surface area (Å²) >= 11 is 0. The Morgan fingerprint density at radius 1 is 1.09 bits per heavy atom. The number of nitrogens with one attached hydrogen (secondary N) is 2. The number of amides is 1. The summed E-state index contributed by atoms with van der Waals surface area (Å²) in [7, 11) is -3.74. The van der Waals surface area contributed by atoms with E-state index < -0.39 is 15.9 Å². The van der Waals surface area contributed by atoms with Crippen molar-refractivity contribution in [2.24, 2.45) is 0 Å². The van der Waals surface area contributed by atoms with Gasteiger partial charge in [0, 0.05) is 18.7 Å². The van der Waals surface area contributed by atoms with Gasteiger partial charge >= 0.3 is 0 Å². The number of carbonyl (C=O) groups excluding carboxylic acids is 1. The van der Waals surface area contributed by atoms with Gasteiger partial charge < -0.3 is 15.0 Å². The molecular formula is C22H20N6O5S. The number of aromatic amines is 1. The van der Waals surface area contributed by atoms with Crippen LogP contribution in [0.25, 0.3) is 16.7 Å². The average molecular weight is 481 g/mol. The van der Waals surface area contributed by atoms with Gasteiger partial charge in [0.2, 0.25) is 10.0 Å². The zero-order chi connectivity index (χ0) is 23.7. The molecule has 0 aliphatic carbocycles. The molecule has 1 amide bonds. The topological polar surface area (TPSA) is 139 Å². The highest BCUT2D eigenvalue weighted by atomic mass is 32.2. The van der Waals surface area contributed by atoms with E-state index in [1.54, 1.807) is 30.3 Å². The van der Waals surface area contributed by atoms with Crippen LogP contribution >= 0.6 is 0 Å². The first kappa shape index (κ1) is 21.9. The van der Waals surface area contributed by atoms with Gasteiger partial charge in [-0.3, -0.25) is 9.59 Å². The number of fused-ring (bicyclic) bond motifs is 1. The lowest BCUT2D eigenvalue weighted by molar-refractivity contribution is 0.0730. The van der Waals surface area contributed by atoms with E-state index in [1.165, 1.54) is 39.7 Å². The second kappa shape index (κ2) is 8.82. The minimum atomic E-state index is -3.74. The van der Waals surface area contributed by atoms with Crippen molar-refractivity contribution in [1.82, 2.24) is 24.1 Å². The van der Waals surface area contributed by atoms with Gasteiger partial charge in [0.1, 0.15) is 5.39 Å². The molecule has 1 aliphatic heterocycles. The van der Waals surface area contributed by atoms with Gasteiger partial charge in [-0.2, -0.15) is 9.40 Å². The molecule has 2 N–H and O–H groups in total. The highest BCUT2D eigenvalue weighted by molar-refractivity contribution is 7.89. The molecule has 4 aromatic rings. The summed E-state index contributed by atoms with van der Waals surface area (Å²) in [5.74, 6) is -0.492. The van der Waals surface area contributed by atoms with Crippen LogP contribution < -0.4 is 10.9 Å². The maximum Gasteiger partial charge on any atom is 0.261 e. The Kier molecular flexibility index (Phi) is 5.69. The predicted molar refractivity (Wildman–Crippen MR) is 123 cm³/mol. The summed E-state index contributed by atoms with van der Waals surface area (Å²) in [6, 6.07) is 12.8. The third-order valence-electron chi connectivity index (χ3n) is 5.46. The van der Waals surface area contributed by atoms with E-state index in [4.69, 9.17) is 4.74 Å². The third kappa shape index (κ3) is 3.98. The summed E-state index contributed by atoms with van der Waals surface area (Å²) in [6.07, 6.45) is 2.68. The molecule has 0 radical (unpaired) electrons. The van der Waals surface area contributed by atoms with Crippen molar-refractivity contribution in [3.63, 3.8) is 0 Å². The van der Waals surface area contributed by atoms with E-state index in [0.29, 0.717) is 35.6 Å². The van der Waals surface area contributed by atoms with Gasteiger partial charge in [-0.15, -0.1) is 0 Å². The van der Waals surface area contributed by atoms with Crippen molar-refractivity contribution in [2.75, 3.05) is 31.6 Å². The van der Waals surface area contributed by atoms with E-state index >= 15 is 0 Å². The lowest BCUT2D eigenvalue weighted by Crippen LogP contribution is -2.40. The Balaban J connectivity index is 1.46. The molecule has 0 bridgehead atoms. The fourth-order valence-corrected chi connectivity index (χ4v) is 5.18. The molecule has 1 saturated heterocycles. The molecule has 1 fully saturated rings. The van der Waals surface area contributed by atoms with Crippen molar-refractivity contribution >= 4 is 32.7 Å². The third-order valence-corrected chi connectivity index (χ3v) is 7.35. The number of nitrogens with zero attached hydrogens (tertiary/aromatic N) is 4. The van der Waals surface area contributed by atoms with E-state index in [9.17, 15) is 18.0 Å². The van der Waals surface area contributed by atoms with Crippen LogP contribution in [0.3, 0.4) is 0 Å². The molecule has 0 spiro atoms. The van der Waals surface area contributed by atoms with Crippen LogP contribution in [0.1, 0.15) is 10.4 Å². The molecule has 1 aliphatic rings. The van der Waals surface area contributed by atoms with Crippen molar-refractivity contribution in [2.45, 2.75) is 4.90 Å². The number of hydrogen-bond donors (Lipinski definition) is 2. The summed E-state index contributed by atoms with van der Waals surface area (Å²) < 4.78 is 34.0. The summed E-state index contributed by atoms with van der Waals surface area (Å²) in [5.41, 5.74) is 1.12. The van der Waals surface area contributed by atoms with Crippen molar-refractivity contribution < 1.29 is 17.9 Å². The Morgan fingerprint density at radius 3 is 2.71 bits per heavy atom. The van der Waals surface area contributed by atoms with Crippen LogP contribution in [0.2, 0.25) is 0 Å². The fourth-order valence-electron chi connectivity index (χ4n) is 3.72. The minimum absolute atomic E-state index is 0.0387. The lowest BCUT2D eigenvalue weighted by Gasteiger charge is -2.26. The van der Waals surface area contributed by atoms with Crippen LogP contribution in [0, 0.1) is 0 Å². The van der Waals surface area contributed by atoms with Gasteiger partial charge in [0.05, 0.1) is 42.0 Å². The van der Waals surface area contributed by atoms with E-state index in [-0.39, 0.29) is 29.1 Å². The zero-order valence-electron chi connectivity index (χ0n) is 17.8. The molecule has 34 heavy (non-hydrogen) atoms. The minimum Gasteiger partial charge on any atom is -0.379 e. The smallest absolute Gasteiger partial charge is 0.261 e. The van der Waals surface area contributed by atoms with Crippen molar-refractivity contribution in [1.29, 1.82) is 0 Å². The number of hydrogen-bond acceptors (Lipinski definition) is 7. The SMILES string of the molecule is O=C(Nc1ccccc1-n1ncc2c(=O)[nH]cnc21)c1cccc(S(=O)(=O)N2CCOCC2)c1. The zero-order valence-corrected chi connectivity index (χ0v) is 18.7. The molecular weight excluding hydrogens is 460 g/mol. The first-order valence-corrected chi connectivity index (χ1v) is 11.9. The predicted octanol–water partition coefficient (Wildman–Crippen LogP) is 1.38. The number of ether oxygens (including phenoxy) is 1. The van der Waals surface area contributed by atoms with Gasteiger partial charge in [-0.05, 0) is 30.3 Å². The quantitative estimate of drug-likeness (QED) is 0.440. The van der Waals surface area contributed by atoms with Crippen LogP contribution in [0.15, 0.2) is 70.7 Å². The molecule has 0 saturated carbocycles. The van der Waals surface area contributed by atoms with E-state index in [2.05, 4.69) is 20.4 Å². The van der Waals surface area contributed by atoms with Crippen LogP contribution in [-0.2, 0) is 14.8 Å². The number of aromatic nitrogens is 4. The second-order valence-corrected chi connectivity index (χ2v) is 9.48. The van der Waals surface area contributed by atoms with E-state index in [1.807, 2.05) is 0 Å². The molecule has 2 aromatic heterocycles. The Morgan fingerprint density at radius 2 is 1.88 bits per heavy atom. The molecule has 5 rings (SSSR count). The molecule has 3 heterocycles. The standard InChI is InChI=1S/C22H20N6O5S/c29-21(15-4-3-5-16(12-15)34(31,32)27-8-10-33-11-9-27)26-18-6-1-2-7-19(18)28-20-17(13-25-28)22(30)24-14-23-20/h1-7,12-14H,8-11H2,(H,26,29)(H,23,24,30). The lowest BCUT2D eigenvalue weighted by atomic mass is 10.2. The highest BCUT2D eigenvalue weighted by Gasteiger charge is 2.27. The fraction of sp³-hybridized carbons (Fsp3) is 0.182. The first-order chi connectivity index (χ1) is 16.4. The Labute approximate surface area is 194 Å². The molecule has 0 atom stereocenters. The number of carbonyl (C=O) groups is 1. The summed E-state index contributed by atoms with van der Waals surface area (Å²) in [5, 5.41) is 7.37. The number of benzene rings is 2. The van der Waals surface area contributed by atoms with Crippen LogP contribution in [0.5, 0.6) is 0 Å². The number of morpholine rings is 1. The number of anilines is 1. The maximum absolute atomic E-state index is 13.1. The number of sulfonamides is 1. The average Bonchev–Trinajstić information content (AvgIpc) is 3.30. The number of rotatable bonds is 5. The van der Waals surface area contributed by atoms with Gasteiger partial charge in [-0.1, -0.05) is 18.2 Å². The van der Waals surface area contributed by atoms with Crippen molar-refractivity contribution in [3.8, 4) is 5.69 Å². The summed E-state index contributed by atoms with van der Waals surface area (Å²) in [4.78, 5) is 31.8. The van der Waals surface area contributed by atoms with Crippen LogP contribution in [0.4, 0.5) is 5.69 Å². The molecule has 2 aromatic carbocycles. The van der Waals surface area contributed by atoms with Gasteiger partial charge in [0.15, 0.2) is 5.65 Å². The number of H-pyrrole nitrogens is 1. The molecule has 0 unspecified atom stereocenters. The number of para-hydroxylation sites is 2. The van der Waals surface area contributed by atoms with Gasteiger partial charge in [-0.25, -0.2) is 18.1 Å². The molecule has 174 valence electrons. The Bertz CT molecular complexity index is 1540. The summed E-state index contributed by atoms with van der Waals surface area (Å²) in [6.45, 7) is 1.19. The largest absolute Gasteiger partial charge is 0.379 e. The van der Waals surface area contributed by atoms with Crippen LogP contribution in [-0.4, -0.2) is 64.7 Å². The monoisotopic (exact) mass is 480 g/mol. The van der Waals surface area contributed by atoms with E-state index in [0.717, 1.165) is 0 Å². The second-order valence-electron chi connectivity index (χ2n) is 7.54. The van der Waals surface area contributed by atoms with Crippen molar-refractivity contribution in [3.05, 3.63) is 77.0 Å². The van der Waals surface area contributed by atoms with Gasteiger partial charge in [0.25, 0.3) is 11.5 Å². The Hall–Kier alpha value is -3.87. The normalized spacial score (nSPS) is 14.8. The first-order valence-electron chi connectivity index (χ1n) is 10.5. The highest BCUT2D eigenvalue weighted by Crippen LogP contribution is 2.24.